The number of para-hydroxylation sites is 1. The molecule has 1 fully saturated rings. The van der Waals surface area contributed by atoms with Crippen molar-refractivity contribution in [2.24, 2.45) is 5.73 Å². The first-order chi connectivity index (χ1) is 35.8. The van der Waals surface area contributed by atoms with Crippen molar-refractivity contribution in [1.29, 1.82) is 0 Å². The van der Waals surface area contributed by atoms with Crippen LogP contribution in [-0.2, 0) is 51.2 Å². The first-order valence-corrected chi connectivity index (χ1v) is 27.0. The summed E-state index contributed by atoms with van der Waals surface area (Å²) in [7, 11) is 1.91. The number of hydrogen-bond acceptors (Lipinski definition) is 15. The zero-order valence-corrected chi connectivity index (χ0v) is 43.7. The smallest absolute Gasteiger partial charge is 0.328 e. The Hall–Kier alpha value is -6.70. The Morgan fingerprint density at radius 1 is 0.733 bits per heavy atom. The zero-order chi connectivity index (χ0) is 54.8. The van der Waals surface area contributed by atoms with Crippen LogP contribution in [0, 0.1) is 0 Å². The molecule has 1 unspecified atom stereocenters. The number of aromatic nitrogens is 1. The average Bonchev–Trinajstić information content (AvgIpc) is 3.80. The van der Waals surface area contributed by atoms with Gasteiger partial charge in [-0.25, -0.2) is 4.79 Å². The number of aliphatic hydroxyl groups is 2. The molecule has 7 amide bonds. The van der Waals surface area contributed by atoms with Crippen molar-refractivity contribution in [2.75, 3.05) is 18.1 Å². The number of aromatic hydroxyl groups is 1. The lowest BCUT2D eigenvalue weighted by Gasteiger charge is -2.29. The van der Waals surface area contributed by atoms with Crippen LogP contribution in [0.2, 0.25) is 0 Å². The highest BCUT2D eigenvalue weighted by molar-refractivity contribution is 8.76. The number of aliphatic hydroxyl groups excluding tert-OH is 2. The Morgan fingerprint density at radius 3 is 2.04 bits per heavy atom. The van der Waals surface area contributed by atoms with E-state index in [1.54, 1.807) is 36.4 Å². The summed E-state index contributed by atoms with van der Waals surface area (Å²) in [5, 5.41) is 63.1. The Labute approximate surface area is 442 Å². The van der Waals surface area contributed by atoms with Gasteiger partial charge in [-0.15, -0.1) is 0 Å². The summed E-state index contributed by atoms with van der Waals surface area (Å²) in [6.07, 6.45) is -0.937. The van der Waals surface area contributed by atoms with Crippen molar-refractivity contribution in [3.8, 4) is 5.75 Å². The Kier molecular flexibility index (Phi) is 22.7. The van der Waals surface area contributed by atoms with Crippen LogP contribution in [0.25, 0.3) is 10.9 Å². The highest BCUT2D eigenvalue weighted by Crippen LogP contribution is 2.27. The Morgan fingerprint density at radius 2 is 1.39 bits per heavy atom. The van der Waals surface area contributed by atoms with E-state index in [1.165, 1.54) is 25.3 Å². The van der Waals surface area contributed by atoms with Gasteiger partial charge in [-0.2, -0.15) is 0 Å². The fraction of sp³-hybridized carbons (Fsp3) is 0.451. The summed E-state index contributed by atoms with van der Waals surface area (Å²) in [4.78, 5) is 116. The summed E-state index contributed by atoms with van der Waals surface area (Å²) in [5.41, 5.74) is 7.97. The molecule has 0 saturated carbocycles. The number of unbranched alkanes of at least 4 members (excludes halogenated alkanes) is 1. The first-order valence-electron chi connectivity index (χ1n) is 24.6. The van der Waals surface area contributed by atoms with Crippen LogP contribution in [0.15, 0.2) is 85.1 Å². The molecule has 2 heterocycles. The standard InChI is InChI=1S/C51H68N10O12S2/c1-27(2)54-37(22-30-12-6-5-7-13-30)45(66)57-39-25-74-75-26-40(48(69)60-42(29(4)63)51(72)73)58-49(70)41(28(3)62)59-44(65)36(16-10-11-21-52)55-50(71)43(34-24-53-35-15-9-8-14-33(34)35)61-46(67)38(56-47(39)68)23-31-17-19-32(64)20-18-31/h5-9,12-15,17-20,24,27-29,36-43,53-54,62-64H,10-11,16,21-23,25-26,52H2,1-4H3,(H,55,71)(H,56,68)(H,57,66)(H,58,70)(H,59,65)(H,60,69)(H,61,67)(H,72,73)/t28-,29-,36+,37-,38+,39+,40+,41+,42+,43?/m1/s1. The maximum absolute atomic E-state index is 14.9. The second-order valence-corrected chi connectivity index (χ2v) is 21.1. The van der Waals surface area contributed by atoms with Gasteiger partial charge < -0.3 is 73.7 Å². The van der Waals surface area contributed by atoms with Gasteiger partial charge >= 0.3 is 5.97 Å². The van der Waals surface area contributed by atoms with E-state index in [0.717, 1.165) is 34.1 Å². The predicted octanol–water partition coefficient (Wildman–Crippen LogP) is 0.162. The molecule has 3 aromatic carbocycles. The Bertz CT molecular complexity index is 2590. The fourth-order valence-corrected chi connectivity index (χ4v) is 10.5. The SMILES string of the molecule is CC(C)N[C@H](Cc1ccccc1)C(=O)N[C@H]1CSSC[C@@H](C(=O)N[C@H](C(=O)O)[C@@H](C)O)NC(=O)[C@H]([C@@H](C)O)NC(=O)[C@H](CCCCN)NC(=O)C(c2c[nH]c3ccccc23)NC(=O)[C@H](Cc2ccc(O)cc2)NC1=O. The molecule has 1 saturated heterocycles. The molecule has 1 aliphatic heterocycles. The van der Waals surface area contributed by atoms with Crippen molar-refractivity contribution >= 4 is 79.8 Å². The van der Waals surface area contributed by atoms with Gasteiger partial charge in [0.2, 0.25) is 41.4 Å². The molecule has 4 aromatic rings. The van der Waals surface area contributed by atoms with Gasteiger partial charge in [0.15, 0.2) is 6.04 Å². The number of aliphatic carboxylic acids is 1. The van der Waals surface area contributed by atoms with Gasteiger partial charge in [0.25, 0.3) is 0 Å². The minimum absolute atomic E-state index is 0.0299. The number of H-pyrrole nitrogens is 1. The quantitative estimate of drug-likeness (QED) is 0.0466. The molecule has 0 bridgehead atoms. The van der Waals surface area contributed by atoms with E-state index in [4.69, 9.17) is 5.73 Å². The van der Waals surface area contributed by atoms with E-state index < -0.39 is 108 Å². The summed E-state index contributed by atoms with van der Waals surface area (Å²) < 4.78 is 0. The summed E-state index contributed by atoms with van der Waals surface area (Å²) in [6, 6.07) is 10.0. The van der Waals surface area contributed by atoms with Gasteiger partial charge in [0.05, 0.1) is 18.2 Å². The number of carbonyl (C=O) groups excluding carboxylic acids is 7. The lowest BCUT2D eigenvalue weighted by molar-refractivity contribution is -0.145. The van der Waals surface area contributed by atoms with Gasteiger partial charge in [-0.3, -0.25) is 33.6 Å². The monoisotopic (exact) mass is 1080 g/mol. The number of fused-ring (bicyclic) bond motifs is 1. The number of phenols is 1. The maximum Gasteiger partial charge on any atom is 0.328 e. The number of carbonyl (C=O) groups is 8. The second kappa shape index (κ2) is 28.8. The number of nitrogens with two attached hydrogens (primary N) is 1. The highest BCUT2D eigenvalue weighted by atomic mass is 33.1. The van der Waals surface area contributed by atoms with Crippen molar-refractivity contribution < 1.29 is 58.8 Å². The third-order valence-electron chi connectivity index (χ3n) is 12.1. The van der Waals surface area contributed by atoms with Crippen molar-refractivity contribution in [3.63, 3.8) is 0 Å². The van der Waals surface area contributed by atoms with E-state index in [0.29, 0.717) is 29.3 Å². The normalized spacial score (nSPS) is 22.3. The molecule has 0 spiro atoms. The number of phenolic OH excluding ortho intramolecular Hbond substituents is 1. The predicted molar refractivity (Wildman–Crippen MR) is 284 cm³/mol. The second-order valence-electron chi connectivity index (χ2n) is 18.6. The number of hydrogen-bond donors (Lipinski definition) is 14. The number of carboxylic acids is 1. The van der Waals surface area contributed by atoms with Crippen LogP contribution in [0.3, 0.4) is 0 Å². The first kappa shape index (κ1) is 59.2. The van der Waals surface area contributed by atoms with Gasteiger partial charge in [0.1, 0.15) is 42.0 Å². The lowest BCUT2D eigenvalue weighted by atomic mass is 10.0. The highest BCUT2D eigenvalue weighted by Gasteiger charge is 2.38. The molecule has 0 radical (unpaired) electrons. The molecule has 0 aliphatic carbocycles. The number of carboxylic acid groups (broad SMARTS) is 1. The molecule has 1 aliphatic rings. The molecule has 406 valence electrons. The molecule has 5 rings (SSSR count). The third-order valence-corrected chi connectivity index (χ3v) is 14.6. The van der Waals surface area contributed by atoms with E-state index in [1.807, 2.05) is 44.2 Å². The Balaban J connectivity index is 1.62. The summed E-state index contributed by atoms with van der Waals surface area (Å²) >= 11 is 0. The zero-order valence-electron chi connectivity index (χ0n) is 42.0. The minimum Gasteiger partial charge on any atom is -0.508 e. The van der Waals surface area contributed by atoms with Crippen molar-refractivity contribution in [1.82, 2.24) is 47.5 Å². The van der Waals surface area contributed by atoms with E-state index in [9.17, 15) is 58.8 Å². The molecular weight excluding hydrogens is 1010 g/mol. The summed E-state index contributed by atoms with van der Waals surface area (Å²) in [5.74, 6) is -8.41. The molecule has 75 heavy (non-hydrogen) atoms. The van der Waals surface area contributed by atoms with E-state index >= 15 is 0 Å². The molecule has 24 heteroatoms. The van der Waals surface area contributed by atoms with Gasteiger partial charge in [0, 0.05) is 46.6 Å². The van der Waals surface area contributed by atoms with Crippen LogP contribution in [0.4, 0.5) is 0 Å². The number of rotatable bonds is 18. The molecule has 15 N–H and O–H groups in total. The largest absolute Gasteiger partial charge is 0.508 e. The van der Waals surface area contributed by atoms with E-state index in [2.05, 4.69) is 47.5 Å². The molecule has 1 aromatic heterocycles. The van der Waals surface area contributed by atoms with Crippen LogP contribution in [0.1, 0.15) is 69.7 Å². The molecule has 10 atom stereocenters. The van der Waals surface area contributed by atoms with Crippen LogP contribution in [-0.4, -0.2) is 151 Å². The fourth-order valence-electron chi connectivity index (χ4n) is 8.14. The minimum atomic E-state index is -1.82. The summed E-state index contributed by atoms with van der Waals surface area (Å²) in [6.45, 7) is 6.28. The van der Waals surface area contributed by atoms with Crippen molar-refractivity contribution in [3.05, 3.63) is 102 Å². The lowest BCUT2D eigenvalue weighted by Crippen LogP contribution is -2.62. The van der Waals surface area contributed by atoms with Crippen LogP contribution in [0.5, 0.6) is 5.75 Å². The van der Waals surface area contributed by atoms with Gasteiger partial charge in [-0.1, -0.05) is 96.1 Å². The van der Waals surface area contributed by atoms with E-state index in [-0.39, 0.29) is 54.7 Å². The number of aromatic amines is 1. The molecular formula is C51H68N10O12S2. The van der Waals surface area contributed by atoms with Gasteiger partial charge in [-0.05, 0) is 75.4 Å². The van der Waals surface area contributed by atoms with Crippen molar-refractivity contribution in [2.45, 2.75) is 126 Å². The molecule has 22 nitrogen and oxygen atoms in total. The number of amides is 7. The number of nitrogens with one attached hydrogen (secondary N) is 9. The maximum atomic E-state index is 14.9. The number of benzene rings is 3. The van der Waals surface area contributed by atoms with Crippen LogP contribution < -0.4 is 48.3 Å². The average molecular weight is 1080 g/mol. The van der Waals surface area contributed by atoms with Crippen LogP contribution >= 0.6 is 21.6 Å². The third kappa shape index (κ3) is 17.7. The topological polar surface area (TPSA) is 356 Å².